The van der Waals surface area contributed by atoms with E-state index in [1.54, 1.807) is 0 Å². The molecule has 1 aromatic carbocycles. The largest absolute Gasteiger partial charge is 0.507 e. The minimum absolute atomic E-state index is 0.00361. The number of carbonyl (C=O) groups is 2. The van der Waals surface area contributed by atoms with E-state index in [4.69, 9.17) is 4.74 Å². The highest BCUT2D eigenvalue weighted by Crippen LogP contribution is 2.32. The fraction of sp³-hybridized carbons (Fsp3) is 0.133. The van der Waals surface area contributed by atoms with Crippen LogP contribution in [0, 0.1) is 0 Å². The zero-order chi connectivity index (χ0) is 15.3. The van der Waals surface area contributed by atoms with E-state index >= 15 is 0 Å². The number of benzene rings is 1. The minimum atomic E-state index is -0.508. The highest BCUT2D eigenvalue weighted by Gasteiger charge is 2.34. The van der Waals surface area contributed by atoms with Crippen LogP contribution in [0.2, 0.25) is 0 Å². The third-order valence-corrected chi connectivity index (χ3v) is 3.58. The second-order valence-electron chi connectivity index (χ2n) is 4.70. The Morgan fingerprint density at radius 3 is 2.48 bits per heavy atom. The lowest BCUT2D eigenvalue weighted by atomic mass is 9.86. The fourth-order valence-corrected chi connectivity index (χ4v) is 2.53. The van der Waals surface area contributed by atoms with Gasteiger partial charge in [0.05, 0.1) is 18.2 Å². The Hall–Kier alpha value is -2.89. The molecule has 0 bridgehead atoms. The van der Waals surface area contributed by atoms with Gasteiger partial charge in [0.2, 0.25) is 5.78 Å². The number of carbonyl (C=O) groups excluding carboxylic acids is 2. The zero-order valence-electron chi connectivity index (χ0n) is 11.3. The molecular formula is C15H11NO5. The summed E-state index contributed by atoms with van der Waals surface area (Å²) in [6.07, 6.45) is 0. The Labute approximate surface area is 119 Å². The van der Waals surface area contributed by atoms with Crippen molar-refractivity contribution in [3.63, 3.8) is 0 Å². The summed E-state index contributed by atoms with van der Waals surface area (Å²) in [5, 5.41) is 9.85. The first-order valence-corrected chi connectivity index (χ1v) is 6.16. The van der Waals surface area contributed by atoms with E-state index in [0.717, 1.165) is 4.57 Å². The Balaban J connectivity index is 2.42. The maximum atomic E-state index is 12.5. The molecule has 0 saturated heterocycles. The molecule has 0 amide bonds. The van der Waals surface area contributed by atoms with E-state index in [0.29, 0.717) is 0 Å². The number of ketones is 2. The molecular weight excluding hydrogens is 274 g/mol. The van der Waals surface area contributed by atoms with Crippen LogP contribution in [0.25, 0.3) is 0 Å². The molecule has 0 fully saturated rings. The van der Waals surface area contributed by atoms with Gasteiger partial charge in [-0.05, 0) is 18.2 Å². The molecule has 2 aromatic rings. The van der Waals surface area contributed by atoms with Gasteiger partial charge >= 0.3 is 0 Å². The molecule has 3 rings (SSSR count). The summed E-state index contributed by atoms with van der Waals surface area (Å²) >= 11 is 0. The highest BCUT2D eigenvalue weighted by molar-refractivity contribution is 6.28. The molecule has 106 valence electrons. The van der Waals surface area contributed by atoms with E-state index < -0.39 is 17.1 Å². The number of rotatable bonds is 1. The van der Waals surface area contributed by atoms with Crippen molar-refractivity contribution in [2.75, 3.05) is 7.11 Å². The normalized spacial score (nSPS) is 12.9. The van der Waals surface area contributed by atoms with Gasteiger partial charge in [0.25, 0.3) is 5.56 Å². The summed E-state index contributed by atoms with van der Waals surface area (Å²) < 4.78 is 6.03. The van der Waals surface area contributed by atoms with Crippen molar-refractivity contribution < 1.29 is 19.4 Å². The monoisotopic (exact) mass is 285 g/mol. The van der Waals surface area contributed by atoms with E-state index in [-0.39, 0.29) is 33.9 Å². The lowest BCUT2D eigenvalue weighted by Gasteiger charge is -2.20. The molecule has 0 radical (unpaired) electrons. The molecule has 1 heterocycles. The number of phenolic OH excluding ortho intramolecular Hbond substituents is 1. The first-order chi connectivity index (χ1) is 9.97. The number of nitrogens with zero attached hydrogens (tertiary/aromatic N) is 1. The third kappa shape index (κ3) is 1.62. The van der Waals surface area contributed by atoms with Gasteiger partial charge in [0.15, 0.2) is 11.5 Å². The quantitative estimate of drug-likeness (QED) is 0.717. The molecule has 0 saturated carbocycles. The molecule has 0 aliphatic heterocycles. The molecule has 6 nitrogen and oxygen atoms in total. The number of pyridine rings is 1. The molecule has 0 atom stereocenters. The van der Waals surface area contributed by atoms with E-state index in [1.807, 2.05) is 0 Å². The second kappa shape index (κ2) is 4.31. The molecule has 1 N–H and O–H groups in total. The summed E-state index contributed by atoms with van der Waals surface area (Å²) in [7, 11) is 2.71. The minimum Gasteiger partial charge on any atom is -0.507 e. The maximum Gasteiger partial charge on any atom is 0.293 e. The summed E-state index contributed by atoms with van der Waals surface area (Å²) in [5.74, 6) is -1.27. The topological polar surface area (TPSA) is 85.6 Å². The number of ether oxygens (including phenoxy) is 1. The van der Waals surface area contributed by atoms with E-state index in [2.05, 4.69) is 0 Å². The SMILES string of the molecule is COc1cc2c(n(C)c1=O)C(=O)c1cccc(O)c1C2=O. The summed E-state index contributed by atoms with van der Waals surface area (Å²) in [6.45, 7) is 0. The smallest absolute Gasteiger partial charge is 0.293 e. The average Bonchev–Trinajstić information content (AvgIpc) is 2.47. The third-order valence-electron chi connectivity index (χ3n) is 3.58. The standard InChI is InChI=1S/C15H11NO5/c1-16-12-8(6-10(21-2)15(16)20)13(18)11-7(14(12)19)4-3-5-9(11)17/h3-6,17H,1-2H3. The van der Waals surface area contributed by atoms with Crippen LogP contribution >= 0.6 is 0 Å². The number of phenols is 1. The van der Waals surface area contributed by atoms with Crippen molar-refractivity contribution in [1.82, 2.24) is 4.57 Å². The van der Waals surface area contributed by atoms with Gasteiger partial charge < -0.3 is 14.4 Å². The summed E-state index contributed by atoms with van der Waals surface area (Å²) in [6, 6.07) is 5.51. The van der Waals surface area contributed by atoms with Crippen LogP contribution in [0.5, 0.6) is 11.5 Å². The predicted octanol–water partition coefficient (Wildman–Crippen LogP) is 0.875. The van der Waals surface area contributed by atoms with Gasteiger partial charge in [0.1, 0.15) is 11.4 Å². The summed E-state index contributed by atoms with van der Waals surface area (Å²) in [5.41, 5.74) is -0.402. The lowest BCUT2D eigenvalue weighted by molar-refractivity contribution is 0.0968. The Bertz CT molecular complexity index is 863. The van der Waals surface area contributed by atoms with E-state index in [1.165, 1.54) is 38.4 Å². The fourth-order valence-electron chi connectivity index (χ4n) is 2.53. The first-order valence-electron chi connectivity index (χ1n) is 6.16. The molecule has 0 unspecified atom stereocenters. The van der Waals surface area contributed by atoms with Crippen LogP contribution in [0.1, 0.15) is 32.0 Å². The first kappa shape index (κ1) is 13.1. The van der Waals surface area contributed by atoms with Crippen molar-refractivity contribution >= 4 is 11.6 Å². The predicted molar refractivity (Wildman–Crippen MR) is 73.2 cm³/mol. The zero-order valence-corrected chi connectivity index (χ0v) is 11.3. The Morgan fingerprint density at radius 2 is 1.81 bits per heavy atom. The van der Waals surface area contributed by atoms with Crippen molar-refractivity contribution in [2.45, 2.75) is 0 Å². The molecule has 0 spiro atoms. The molecule has 21 heavy (non-hydrogen) atoms. The molecule has 1 aliphatic carbocycles. The van der Waals surface area contributed by atoms with Gasteiger partial charge in [0, 0.05) is 12.6 Å². The number of aromatic hydroxyl groups is 1. The molecule has 1 aromatic heterocycles. The summed E-state index contributed by atoms with van der Waals surface area (Å²) in [4.78, 5) is 37.1. The van der Waals surface area contributed by atoms with Crippen molar-refractivity contribution in [3.8, 4) is 11.5 Å². The number of aromatic nitrogens is 1. The molecule has 1 aliphatic rings. The highest BCUT2D eigenvalue weighted by atomic mass is 16.5. The van der Waals surface area contributed by atoms with Crippen molar-refractivity contribution in [2.24, 2.45) is 7.05 Å². The van der Waals surface area contributed by atoms with Gasteiger partial charge in [-0.15, -0.1) is 0 Å². The maximum absolute atomic E-state index is 12.5. The number of hydrogen-bond donors (Lipinski definition) is 1. The Morgan fingerprint density at radius 1 is 1.10 bits per heavy atom. The van der Waals surface area contributed by atoms with Crippen LogP contribution in [0.15, 0.2) is 29.1 Å². The lowest BCUT2D eigenvalue weighted by Crippen LogP contribution is -2.31. The van der Waals surface area contributed by atoms with Crippen LogP contribution < -0.4 is 10.3 Å². The van der Waals surface area contributed by atoms with Gasteiger partial charge in [-0.2, -0.15) is 0 Å². The van der Waals surface area contributed by atoms with Crippen molar-refractivity contribution in [1.29, 1.82) is 0 Å². The number of methoxy groups -OCH3 is 1. The van der Waals surface area contributed by atoms with E-state index in [9.17, 15) is 19.5 Å². The van der Waals surface area contributed by atoms with Gasteiger partial charge in [-0.25, -0.2) is 0 Å². The number of hydrogen-bond acceptors (Lipinski definition) is 5. The van der Waals surface area contributed by atoms with Crippen molar-refractivity contribution in [3.05, 3.63) is 57.0 Å². The van der Waals surface area contributed by atoms with Crippen LogP contribution in [-0.4, -0.2) is 28.3 Å². The van der Waals surface area contributed by atoms with Crippen LogP contribution in [0.3, 0.4) is 0 Å². The second-order valence-corrected chi connectivity index (χ2v) is 4.70. The average molecular weight is 285 g/mol. The van der Waals surface area contributed by atoms with Crippen LogP contribution in [-0.2, 0) is 7.05 Å². The number of fused-ring (bicyclic) bond motifs is 2. The Kier molecular flexibility index (Phi) is 2.69. The molecule has 6 heteroatoms. The van der Waals surface area contributed by atoms with Crippen LogP contribution in [0.4, 0.5) is 0 Å². The van der Waals surface area contributed by atoms with Gasteiger partial charge in [-0.3, -0.25) is 14.4 Å². The van der Waals surface area contributed by atoms with Gasteiger partial charge in [-0.1, -0.05) is 6.07 Å².